The minimum absolute atomic E-state index is 0.292. The summed E-state index contributed by atoms with van der Waals surface area (Å²) in [6, 6.07) is 0. The minimum Gasteiger partial charge on any atom is -0.0721 e. The summed E-state index contributed by atoms with van der Waals surface area (Å²) >= 11 is 7.07. The van der Waals surface area contributed by atoms with Gasteiger partial charge in [0.2, 0.25) is 0 Å². The molecule has 0 aliphatic heterocycles. The number of hydrogen-bond donors (Lipinski definition) is 0. The van der Waals surface area contributed by atoms with Crippen molar-refractivity contribution in [1.29, 1.82) is 0 Å². The van der Waals surface area contributed by atoms with Crippen molar-refractivity contribution in [1.82, 2.24) is 0 Å². The normalized spacial score (nSPS) is 46.3. The molecule has 1 saturated carbocycles. The summed E-state index contributed by atoms with van der Waals surface area (Å²) in [4.78, 5) is 0. The lowest BCUT2D eigenvalue weighted by molar-refractivity contribution is 0.834. The first-order valence-corrected chi connectivity index (χ1v) is 4.03. The van der Waals surface area contributed by atoms with Crippen LogP contribution in [0.5, 0.6) is 0 Å². The highest BCUT2D eigenvalue weighted by atomic mass is 79.9. The molecule has 0 saturated heterocycles. The van der Waals surface area contributed by atoms with Crippen molar-refractivity contribution >= 4 is 31.9 Å². The number of hydrogen-bond acceptors (Lipinski definition) is 0. The van der Waals surface area contributed by atoms with Crippen LogP contribution in [0.4, 0.5) is 0 Å². The molecule has 1 aliphatic carbocycles. The zero-order valence-corrected chi connectivity index (χ0v) is 7.58. The summed E-state index contributed by atoms with van der Waals surface area (Å²) in [5.41, 5.74) is 0. The lowest BCUT2D eigenvalue weighted by Gasteiger charge is -1.88. The van der Waals surface area contributed by atoms with Gasteiger partial charge >= 0.3 is 0 Å². The number of alkyl halides is 2. The van der Waals surface area contributed by atoms with Crippen LogP contribution in [0.2, 0.25) is 0 Å². The van der Waals surface area contributed by atoms with Gasteiger partial charge in [0.15, 0.2) is 0 Å². The quantitative estimate of drug-likeness (QED) is 0.559. The molecule has 1 fully saturated rings. The third-order valence-corrected chi connectivity index (χ3v) is 4.74. The lowest BCUT2D eigenvalue weighted by Crippen LogP contribution is -1.82. The Morgan fingerprint density at radius 1 is 1.14 bits per heavy atom. The van der Waals surface area contributed by atoms with Crippen LogP contribution in [0.25, 0.3) is 0 Å². The van der Waals surface area contributed by atoms with Crippen molar-refractivity contribution < 1.29 is 0 Å². The first kappa shape index (κ1) is 6.09. The van der Waals surface area contributed by atoms with Gasteiger partial charge in [-0.15, -0.1) is 0 Å². The molecule has 7 heavy (non-hydrogen) atoms. The van der Waals surface area contributed by atoms with Gasteiger partial charge in [0.25, 0.3) is 0 Å². The van der Waals surface area contributed by atoms with Gasteiger partial charge in [-0.25, -0.2) is 0 Å². The zero-order chi connectivity index (χ0) is 5.65. The van der Waals surface area contributed by atoms with E-state index < -0.39 is 0 Å². The molecule has 0 aromatic carbocycles. The van der Waals surface area contributed by atoms with E-state index in [1.807, 2.05) is 0 Å². The van der Waals surface area contributed by atoms with E-state index in [0.29, 0.717) is 3.23 Å². The van der Waals surface area contributed by atoms with Crippen molar-refractivity contribution in [3.8, 4) is 0 Å². The maximum absolute atomic E-state index is 3.53. The topological polar surface area (TPSA) is 0 Å². The summed E-state index contributed by atoms with van der Waals surface area (Å²) in [6.45, 7) is 4.46. The van der Waals surface area contributed by atoms with Crippen LogP contribution in [-0.2, 0) is 0 Å². The molecule has 0 nitrogen and oxygen atoms in total. The summed E-state index contributed by atoms with van der Waals surface area (Å²) in [6.07, 6.45) is 0. The molecular formula is C5H8Br2. The van der Waals surface area contributed by atoms with E-state index >= 15 is 0 Å². The summed E-state index contributed by atoms with van der Waals surface area (Å²) < 4.78 is 0.292. The minimum atomic E-state index is 0.292. The molecule has 2 atom stereocenters. The van der Waals surface area contributed by atoms with Crippen molar-refractivity contribution in [2.75, 3.05) is 0 Å². The second-order valence-corrected chi connectivity index (χ2v) is 5.94. The van der Waals surface area contributed by atoms with Gasteiger partial charge < -0.3 is 0 Å². The van der Waals surface area contributed by atoms with E-state index in [4.69, 9.17) is 0 Å². The molecule has 0 N–H and O–H groups in total. The molecule has 1 aliphatic rings. The van der Waals surface area contributed by atoms with Gasteiger partial charge in [-0.1, -0.05) is 45.7 Å². The van der Waals surface area contributed by atoms with E-state index in [1.165, 1.54) is 0 Å². The van der Waals surface area contributed by atoms with Gasteiger partial charge in [0, 0.05) is 0 Å². The fraction of sp³-hybridized carbons (Fsp3) is 1.00. The summed E-state index contributed by atoms with van der Waals surface area (Å²) in [5, 5.41) is 0. The molecule has 1 rings (SSSR count). The maximum Gasteiger partial charge on any atom is 0.0862 e. The molecule has 0 heterocycles. The Morgan fingerprint density at radius 3 is 1.29 bits per heavy atom. The Kier molecular flexibility index (Phi) is 1.28. The monoisotopic (exact) mass is 226 g/mol. The first-order chi connectivity index (χ1) is 3.07. The molecule has 0 bridgehead atoms. The van der Waals surface area contributed by atoms with E-state index in [2.05, 4.69) is 45.7 Å². The van der Waals surface area contributed by atoms with E-state index in [9.17, 15) is 0 Å². The predicted octanol–water partition coefficient (Wildman–Crippen LogP) is 2.76. The lowest BCUT2D eigenvalue weighted by atomic mass is 10.4. The van der Waals surface area contributed by atoms with Crippen LogP contribution in [0, 0.1) is 11.8 Å². The van der Waals surface area contributed by atoms with Crippen LogP contribution in [-0.4, -0.2) is 3.23 Å². The third kappa shape index (κ3) is 0.765. The Morgan fingerprint density at radius 2 is 1.29 bits per heavy atom. The van der Waals surface area contributed by atoms with E-state index in [0.717, 1.165) is 11.8 Å². The molecule has 0 aromatic heterocycles. The van der Waals surface area contributed by atoms with Crippen molar-refractivity contribution in [3.63, 3.8) is 0 Å². The van der Waals surface area contributed by atoms with Crippen LogP contribution in [0.1, 0.15) is 13.8 Å². The highest BCUT2D eigenvalue weighted by Gasteiger charge is 2.55. The second kappa shape index (κ2) is 1.47. The zero-order valence-electron chi connectivity index (χ0n) is 4.41. The van der Waals surface area contributed by atoms with Crippen LogP contribution in [0.3, 0.4) is 0 Å². The van der Waals surface area contributed by atoms with Crippen LogP contribution < -0.4 is 0 Å². The van der Waals surface area contributed by atoms with Crippen molar-refractivity contribution in [3.05, 3.63) is 0 Å². The Labute approximate surface area is 60.9 Å². The van der Waals surface area contributed by atoms with Gasteiger partial charge in [0.1, 0.15) is 0 Å². The fourth-order valence-corrected chi connectivity index (χ4v) is 2.00. The summed E-state index contributed by atoms with van der Waals surface area (Å²) in [5.74, 6) is 1.60. The average Bonchev–Trinajstić information content (AvgIpc) is 1.91. The fourth-order valence-electron chi connectivity index (χ4n) is 0.674. The highest BCUT2D eigenvalue weighted by molar-refractivity contribution is 9.25. The molecule has 2 heteroatoms. The SMILES string of the molecule is CC1C(C)C1(Br)Br. The molecule has 0 spiro atoms. The third-order valence-electron chi connectivity index (χ3n) is 1.86. The van der Waals surface area contributed by atoms with Crippen molar-refractivity contribution in [2.45, 2.75) is 17.1 Å². The Balaban J connectivity index is 2.52. The second-order valence-electron chi connectivity index (χ2n) is 2.25. The van der Waals surface area contributed by atoms with Gasteiger partial charge in [-0.05, 0) is 11.8 Å². The molecule has 2 unspecified atom stereocenters. The Hall–Kier alpha value is 0.960. The van der Waals surface area contributed by atoms with Crippen molar-refractivity contribution in [2.24, 2.45) is 11.8 Å². The summed E-state index contributed by atoms with van der Waals surface area (Å²) in [7, 11) is 0. The number of rotatable bonds is 0. The molecular weight excluding hydrogens is 220 g/mol. The molecule has 42 valence electrons. The Bertz CT molecular complexity index is 78.1. The smallest absolute Gasteiger partial charge is 0.0721 e. The van der Waals surface area contributed by atoms with Crippen LogP contribution in [0.15, 0.2) is 0 Å². The highest BCUT2D eigenvalue weighted by Crippen LogP contribution is 2.61. The number of halogens is 2. The van der Waals surface area contributed by atoms with Crippen LogP contribution >= 0.6 is 31.9 Å². The standard InChI is InChI=1S/C5H8Br2/c1-3-4(2)5(3,6)7/h3-4H,1-2H3. The largest absolute Gasteiger partial charge is 0.0862 e. The van der Waals surface area contributed by atoms with E-state index in [-0.39, 0.29) is 0 Å². The maximum atomic E-state index is 3.53. The molecule has 0 aromatic rings. The van der Waals surface area contributed by atoms with E-state index in [1.54, 1.807) is 0 Å². The molecule has 0 radical (unpaired) electrons. The molecule has 0 amide bonds. The average molecular weight is 228 g/mol. The first-order valence-electron chi connectivity index (χ1n) is 2.44. The van der Waals surface area contributed by atoms with Gasteiger partial charge in [-0.3, -0.25) is 0 Å². The van der Waals surface area contributed by atoms with Gasteiger partial charge in [-0.2, -0.15) is 0 Å². The predicted molar refractivity (Wildman–Crippen MR) is 38.9 cm³/mol. The van der Waals surface area contributed by atoms with Gasteiger partial charge in [0.05, 0.1) is 3.23 Å².